The Kier molecular flexibility index (Phi) is 7.64. The fourth-order valence-electron chi connectivity index (χ4n) is 7.85. The molecular formula is C51H31N3OS. The fourth-order valence-corrected chi connectivity index (χ4v) is 9.06. The summed E-state index contributed by atoms with van der Waals surface area (Å²) in [6, 6.07) is 65.6. The van der Waals surface area contributed by atoms with E-state index in [1.807, 2.05) is 24.3 Å². The van der Waals surface area contributed by atoms with Crippen molar-refractivity contribution in [2.75, 3.05) is 0 Å². The summed E-state index contributed by atoms with van der Waals surface area (Å²) in [6.45, 7) is 0. The molecule has 5 heteroatoms. The molecule has 0 fully saturated rings. The van der Waals surface area contributed by atoms with Gasteiger partial charge in [0, 0.05) is 47.6 Å². The highest BCUT2D eigenvalue weighted by Gasteiger charge is 2.19. The van der Waals surface area contributed by atoms with Gasteiger partial charge in [-0.25, -0.2) is 15.0 Å². The molecule has 0 atom stereocenters. The molecule has 11 rings (SSSR count). The third-order valence-electron chi connectivity index (χ3n) is 10.5. The first-order valence-electron chi connectivity index (χ1n) is 18.7. The third-order valence-corrected chi connectivity index (χ3v) is 11.7. The molecule has 8 aromatic carbocycles. The van der Waals surface area contributed by atoms with Gasteiger partial charge in [0.2, 0.25) is 0 Å². The first-order chi connectivity index (χ1) is 27.7. The van der Waals surface area contributed by atoms with E-state index < -0.39 is 0 Å². The Hall–Kier alpha value is -7.21. The molecule has 0 radical (unpaired) electrons. The Morgan fingerprint density at radius 2 is 0.911 bits per heavy atom. The van der Waals surface area contributed by atoms with Gasteiger partial charge in [-0.2, -0.15) is 0 Å². The van der Waals surface area contributed by atoms with Crippen LogP contribution in [0.1, 0.15) is 0 Å². The summed E-state index contributed by atoms with van der Waals surface area (Å²) in [4.78, 5) is 15.8. The van der Waals surface area contributed by atoms with Gasteiger partial charge < -0.3 is 4.42 Å². The molecule has 3 aromatic heterocycles. The van der Waals surface area contributed by atoms with Crippen molar-refractivity contribution in [3.05, 3.63) is 188 Å². The number of benzene rings is 8. The topological polar surface area (TPSA) is 51.8 Å². The second kappa shape index (κ2) is 13.3. The number of fused-ring (bicyclic) bond motifs is 6. The SMILES string of the molecule is c1ccc(-c2cc(-c3ccccc3)cc(-c3nc(-c4ccc5c(c4)oc4cccc(-c6ccccc6)c45)nc(-c4cccc5c4sc4ccccc45)n3)c2)cc1. The van der Waals surface area contributed by atoms with Crippen molar-refractivity contribution in [3.8, 4) is 67.5 Å². The fraction of sp³-hybridized carbons (Fsp3) is 0. The van der Waals surface area contributed by atoms with E-state index in [9.17, 15) is 0 Å². The number of rotatable bonds is 6. The minimum atomic E-state index is 0.583. The van der Waals surface area contributed by atoms with Gasteiger partial charge in [-0.05, 0) is 81.9 Å². The van der Waals surface area contributed by atoms with E-state index in [-0.39, 0.29) is 0 Å². The molecule has 0 spiro atoms. The Morgan fingerprint density at radius 3 is 1.64 bits per heavy atom. The van der Waals surface area contributed by atoms with Crippen LogP contribution in [0.3, 0.4) is 0 Å². The van der Waals surface area contributed by atoms with E-state index in [1.54, 1.807) is 11.3 Å². The number of furan rings is 1. The summed E-state index contributed by atoms with van der Waals surface area (Å²) < 4.78 is 8.95. The van der Waals surface area contributed by atoms with Crippen LogP contribution >= 0.6 is 11.3 Å². The largest absolute Gasteiger partial charge is 0.456 e. The maximum Gasteiger partial charge on any atom is 0.165 e. The molecule has 0 unspecified atom stereocenters. The van der Waals surface area contributed by atoms with Gasteiger partial charge in [0.05, 0.1) is 0 Å². The Balaban J connectivity index is 1.14. The van der Waals surface area contributed by atoms with Crippen molar-refractivity contribution in [2.45, 2.75) is 0 Å². The smallest absolute Gasteiger partial charge is 0.165 e. The van der Waals surface area contributed by atoms with Gasteiger partial charge in [0.1, 0.15) is 11.2 Å². The third kappa shape index (κ3) is 5.56. The predicted molar refractivity (Wildman–Crippen MR) is 233 cm³/mol. The number of aromatic nitrogens is 3. The van der Waals surface area contributed by atoms with E-state index in [4.69, 9.17) is 19.4 Å². The Morgan fingerprint density at radius 1 is 0.339 bits per heavy atom. The maximum atomic E-state index is 6.56. The number of hydrogen-bond acceptors (Lipinski definition) is 5. The minimum absolute atomic E-state index is 0.583. The van der Waals surface area contributed by atoms with Crippen LogP contribution in [0.25, 0.3) is 110 Å². The van der Waals surface area contributed by atoms with E-state index in [2.05, 4.69) is 164 Å². The summed E-state index contributed by atoms with van der Waals surface area (Å²) in [5.74, 6) is 1.82. The molecule has 0 bridgehead atoms. The lowest BCUT2D eigenvalue weighted by atomic mass is 9.96. The molecule has 0 amide bonds. The molecule has 11 aromatic rings. The molecule has 4 nitrogen and oxygen atoms in total. The van der Waals surface area contributed by atoms with Gasteiger partial charge in [-0.15, -0.1) is 11.3 Å². The lowest BCUT2D eigenvalue weighted by Crippen LogP contribution is -2.00. The average Bonchev–Trinajstić information content (AvgIpc) is 3.85. The first-order valence-corrected chi connectivity index (χ1v) is 19.5. The van der Waals surface area contributed by atoms with Crippen molar-refractivity contribution in [1.29, 1.82) is 0 Å². The molecular weight excluding hydrogens is 703 g/mol. The molecule has 262 valence electrons. The van der Waals surface area contributed by atoms with Crippen molar-refractivity contribution in [3.63, 3.8) is 0 Å². The van der Waals surface area contributed by atoms with Crippen LogP contribution in [-0.2, 0) is 0 Å². The van der Waals surface area contributed by atoms with E-state index in [0.29, 0.717) is 17.5 Å². The quantitative estimate of drug-likeness (QED) is 0.171. The van der Waals surface area contributed by atoms with Gasteiger partial charge in [0.15, 0.2) is 17.5 Å². The van der Waals surface area contributed by atoms with Gasteiger partial charge in [-0.1, -0.05) is 140 Å². The average molecular weight is 734 g/mol. The van der Waals surface area contributed by atoms with Crippen molar-refractivity contribution in [2.24, 2.45) is 0 Å². The van der Waals surface area contributed by atoms with Crippen LogP contribution in [0, 0.1) is 0 Å². The lowest BCUT2D eigenvalue weighted by Gasteiger charge is -2.13. The second-order valence-electron chi connectivity index (χ2n) is 14.0. The molecule has 0 saturated heterocycles. The summed E-state index contributed by atoms with van der Waals surface area (Å²) in [5, 5.41) is 4.58. The van der Waals surface area contributed by atoms with E-state index in [1.165, 1.54) is 15.5 Å². The highest BCUT2D eigenvalue weighted by molar-refractivity contribution is 7.26. The number of hydrogen-bond donors (Lipinski definition) is 0. The Bertz CT molecular complexity index is 3180. The summed E-state index contributed by atoms with van der Waals surface area (Å²) >= 11 is 1.77. The van der Waals surface area contributed by atoms with Crippen LogP contribution in [0.5, 0.6) is 0 Å². The molecule has 3 heterocycles. The molecule has 56 heavy (non-hydrogen) atoms. The van der Waals surface area contributed by atoms with E-state index in [0.717, 1.165) is 76.7 Å². The van der Waals surface area contributed by atoms with Crippen molar-refractivity contribution in [1.82, 2.24) is 15.0 Å². The first kappa shape index (κ1) is 32.2. The van der Waals surface area contributed by atoms with Crippen LogP contribution in [0.15, 0.2) is 192 Å². The molecule has 0 aliphatic carbocycles. The second-order valence-corrected chi connectivity index (χ2v) is 15.0. The zero-order chi connectivity index (χ0) is 37.0. The van der Waals surface area contributed by atoms with Crippen molar-refractivity contribution < 1.29 is 4.42 Å². The summed E-state index contributed by atoms with van der Waals surface area (Å²) in [5.41, 5.74) is 11.1. The number of nitrogens with zero attached hydrogens (tertiary/aromatic N) is 3. The van der Waals surface area contributed by atoms with Crippen LogP contribution in [-0.4, -0.2) is 15.0 Å². The molecule has 0 saturated carbocycles. The lowest BCUT2D eigenvalue weighted by molar-refractivity contribution is 0.669. The Labute approximate surface area is 327 Å². The van der Waals surface area contributed by atoms with Crippen LogP contribution in [0.4, 0.5) is 0 Å². The van der Waals surface area contributed by atoms with Crippen LogP contribution in [0.2, 0.25) is 0 Å². The zero-order valence-electron chi connectivity index (χ0n) is 30.1. The van der Waals surface area contributed by atoms with Gasteiger partial charge in [-0.3, -0.25) is 0 Å². The zero-order valence-corrected chi connectivity index (χ0v) is 30.9. The molecule has 0 aliphatic heterocycles. The van der Waals surface area contributed by atoms with Crippen molar-refractivity contribution >= 4 is 53.4 Å². The van der Waals surface area contributed by atoms with Gasteiger partial charge in [0.25, 0.3) is 0 Å². The highest BCUT2D eigenvalue weighted by Crippen LogP contribution is 2.41. The standard InChI is InChI=1S/C51H31N3OS/c1-4-14-32(15-5-1)36-28-37(33-16-6-2-7-17-33)30-38(29-36)50-52-49(53-51(54-50)43-23-12-22-41-40-20-10-11-25-46(40)56-48(41)43)35-26-27-42-45(31-35)55-44-24-13-21-39(47(42)44)34-18-8-3-9-19-34/h1-31H. The highest BCUT2D eigenvalue weighted by atomic mass is 32.1. The normalized spacial score (nSPS) is 11.6. The maximum absolute atomic E-state index is 6.56. The van der Waals surface area contributed by atoms with Gasteiger partial charge >= 0.3 is 0 Å². The molecule has 0 aliphatic rings. The monoisotopic (exact) mass is 733 g/mol. The predicted octanol–water partition coefficient (Wildman–Crippen LogP) is 14.1. The number of thiophene rings is 1. The summed E-state index contributed by atoms with van der Waals surface area (Å²) in [6.07, 6.45) is 0. The molecule has 0 N–H and O–H groups in total. The summed E-state index contributed by atoms with van der Waals surface area (Å²) in [7, 11) is 0. The van der Waals surface area contributed by atoms with Crippen LogP contribution < -0.4 is 0 Å². The minimum Gasteiger partial charge on any atom is -0.456 e. The van der Waals surface area contributed by atoms with E-state index >= 15 is 0 Å².